The molecule has 170 valence electrons. The van der Waals surface area contributed by atoms with E-state index < -0.39 is 17.7 Å². The van der Waals surface area contributed by atoms with Gasteiger partial charge in [-0.05, 0) is 49.7 Å². The third kappa shape index (κ3) is 4.77. The molecular formula is C24H19F3N2O4. The molecule has 0 aliphatic carbocycles. The van der Waals surface area contributed by atoms with Gasteiger partial charge in [-0.1, -0.05) is 12.1 Å². The van der Waals surface area contributed by atoms with Crippen molar-refractivity contribution < 1.29 is 32.5 Å². The number of H-pyrrole nitrogens is 1. The number of fused-ring (bicyclic) bond motifs is 1. The van der Waals surface area contributed by atoms with Crippen LogP contribution in [0.25, 0.3) is 22.0 Å². The summed E-state index contributed by atoms with van der Waals surface area (Å²) in [5, 5.41) is 10.4. The Kier molecular flexibility index (Phi) is 5.71. The van der Waals surface area contributed by atoms with Crippen LogP contribution in [0.4, 0.5) is 13.2 Å². The number of nitrogens with zero attached hydrogens (tertiary/aromatic N) is 1. The first-order chi connectivity index (χ1) is 15.6. The van der Waals surface area contributed by atoms with E-state index in [4.69, 9.17) is 9.47 Å². The highest BCUT2D eigenvalue weighted by Gasteiger charge is 2.30. The Morgan fingerprint density at radius 2 is 1.73 bits per heavy atom. The summed E-state index contributed by atoms with van der Waals surface area (Å²) in [5.41, 5.74) is 0.817. The molecule has 0 unspecified atom stereocenters. The molecule has 2 aromatic heterocycles. The van der Waals surface area contributed by atoms with Crippen molar-refractivity contribution >= 4 is 16.9 Å². The van der Waals surface area contributed by atoms with Crippen molar-refractivity contribution in [2.45, 2.75) is 26.1 Å². The van der Waals surface area contributed by atoms with Crippen molar-refractivity contribution in [2.24, 2.45) is 0 Å². The third-order valence-electron chi connectivity index (χ3n) is 4.78. The zero-order chi connectivity index (χ0) is 23.8. The van der Waals surface area contributed by atoms with Crippen LogP contribution < -0.4 is 9.47 Å². The Morgan fingerprint density at radius 1 is 1.03 bits per heavy atom. The van der Waals surface area contributed by atoms with Gasteiger partial charge in [-0.25, -0.2) is 9.78 Å². The van der Waals surface area contributed by atoms with E-state index in [1.54, 1.807) is 42.5 Å². The lowest BCUT2D eigenvalue weighted by atomic mass is 10.0. The van der Waals surface area contributed by atoms with E-state index in [-0.39, 0.29) is 17.7 Å². The SMILES string of the molecule is CC(C)Oc1ccc(-c2c(C(=O)O)[nH]c3cc(Oc4ccc(C(F)(F)F)cn4)ccc23)cc1. The molecular weight excluding hydrogens is 437 g/mol. The Labute approximate surface area is 186 Å². The number of carboxylic acids is 1. The molecule has 33 heavy (non-hydrogen) atoms. The van der Waals surface area contributed by atoms with Crippen LogP contribution in [0.5, 0.6) is 17.4 Å². The average Bonchev–Trinajstić information content (AvgIpc) is 3.13. The highest BCUT2D eigenvalue weighted by atomic mass is 19.4. The van der Waals surface area contributed by atoms with Crippen molar-refractivity contribution in [3.8, 4) is 28.5 Å². The molecule has 0 radical (unpaired) electrons. The number of hydrogen-bond acceptors (Lipinski definition) is 4. The lowest BCUT2D eigenvalue weighted by molar-refractivity contribution is -0.137. The van der Waals surface area contributed by atoms with E-state index in [9.17, 15) is 23.1 Å². The zero-order valence-corrected chi connectivity index (χ0v) is 17.6. The minimum Gasteiger partial charge on any atom is -0.491 e. The maximum Gasteiger partial charge on any atom is 0.417 e. The lowest BCUT2D eigenvalue weighted by Gasteiger charge is -2.10. The van der Waals surface area contributed by atoms with Crippen LogP contribution in [0.1, 0.15) is 29.9 Å². The molecule has 0 fully saturated rings. The van der Waals surface area contributed by atoms with Gasteiger partial charge >= 0.3 is 12.1 Å². The van der Waals surface area contributed by atoms with Gasteiger partial charge in [-0.2, -0.15) is 13.2 Å². The second kappa shape index (κ2) is 8.50. The van der Waals surface area contributed by atoms with E-state index in [0.717, 1.165) is 12.1 Å². The fourth-order valence-corrected chi connectivity index (χ4v) is 3.40. The van der Waals surface area contributed by atoms with Crippen LogP contribution in [0.15, 0.2) is 60.8 Å². The van der Waals surface area contributed by atoms with Gasteiger partial charge in [0.2, 0.25) is 5.88 Å². The van der Waals surface area contributed by atoms with Gasteiger partial charge in [0.25, 0.3) is 0 Å². The number of aromatic carboxylic acids is 1. The first kappa shape index (κ1) is 22.2. The second-order valence-electron chi connectivity index (χ2n) is 7.56. The Morgan fingerprint density at radius 3 is 2.30 bits per heavy atom. The molecule has 2 N–H and O–H groups in total. The Balaban J connectivity index is 1.67. The molecule has 2 aromatic carbocycles. The van der Waals surface area contributed by atoms with E-state index in [0.29, 0.717) is 39.7 Å². The van der Waals surface area contributed by atoms with E-state index in [1.807, 2.05) is 13.8 Å². The maximum absolute atomic E-state index is 12.7. The molecule has 0 aliphatic rings. The zero-order valence-electron chi connectivity index (χ0n) is 17.6. The Hall–Kier alpha value is -4.01. The topological polar surface area (TPSA) is 84.4 Å². The van der Waals surface area contributed by atoms with E-state index >= 15 is 0 Å². The van der Waals surface area contributed by atoms with Crippen molar-refractivity contribution in [2.75, 3.05) is 0 Å². The minimum absolute atomic E-state index is 0.00679. The molecule has 0 saturated heterocycles. The van der Waals surface area contributed by atoms with Crippen molar-refractivity contribution in [1.29, 1.82) is 0 Å². The molecule has 0 aliphatic heterocycles. The molecule has 6 nitrogen and oxygen atoms in total. The van der Waals surface area contributed by atoms with Crippen LogP contribution >= 0.6 is 0 Å². The lowest BCUT2D eigenvalue weighted by Crippen LogP contribution is -2.05. The summed E-state index contributed by atoms with van der Waals surface area (Å²) in [6.45, 7) is 3.83. The van der Waals surface area contributed by atoms with Crippen LogP contribution in [-0.2, 0) is 6.18 Å². The molecule has 9 heteroatoms. The van der Waals surface area contributed by atoms with Crippen molar-refractivity contribution in [3.63, 3.8) is 0 Å². The average molecular weight is 456 g/mol. The largest absolute Gasteiger partial charge is 0.491 e. The summed E-state index contributed by atoms with van der Waals surface area (Å²) in [5.74, 6) is -0.186. The summed E-state index contributed by atoms with van der Waals surface area (Å²) in [6.07, 6.45) is -3.79. The predicted octanol–water partition coefficient (Wildman–Crippen LogP) is 6.53. The van der Waals surface area contributed by atoms with Crippen LogP contribution in [-0.4, -0.2) is 27.1 Å². The molecule has 0 amide bonds. The molecule has 0 spiro atoms. The van der Waals surface area contributed by atoms with Gasteiger partial charge < -0.3 is 19.6 Å². The molecule has 0 saturated carbocycles. The fraction of sp³-hybridized carbons (Fsp3) is 0.167. The quantitative estimate of drug-likeness (QED) is 0.345. The number of halogens is 3. The van der Waals surface area contributed by atoms with E-state index in [1.165, 1.54) is 0 Å². The number of pyridine rings is 1. The normalized spacial score (nSPS) is 11.7. The predicted molar refractivity (Wildman–Crippen MR) is 116 cm³/mol. The number of rotatable bonds is 6. The molecule has 0 atom stereocenters. The molecule has 4 rings (SSSR count). The van der Waals surface area contributed by atoms with Crippen molar-refractivity contribution in [1.82, 2.24) is 9.97 Å². The number of carbonyl (C=O) groups is 1. The third-order valence-corrected chi connectivity index (χ3v) is 4.78. The fourth-order valence-electron chi connectivity index (χ4n) is 3.40. The van der Waals surface area contributed by atoms with Gasteiger partial charge in [-0.3, -0.25) is 0 Å². The number of aromatic nitrogens is 2. The molecule has 4 aromatic rings. The summed E-state index contributed by atoms with van der Waals surface area (Å²) in [6, 6.07) is 14.0. The summed E-state index contributed by atoms with van der Waals surface area (Å²) < 4.78 is 49.3. The van der Waals surface area contributed by atoms with Gasteiger partial charge in [0, 0.05) is 29.3 Å². The minimum atomic E-state index is -4.49. The highest BCUT2D eigenvalue weighted by Crippen LogP contribution is 2.36. The van der Waals surface area contributed by atoms with Gasteiger partial charge in [0.1, 0.15) is 17.2 Å². The van der Waals surface area contributed by atoms with Crippen molar-refractivity contribution in [3.05, 3.63) is 72.1 Å². The number of benzene rings is 2. The number of nitrogens with one attached hydrogen (secondary N) is 1. The maximum atomic E-state index is 12.7. The van der Waals surface area contributed by atoms with Crippen LogP contribution in [0.2, 0.25) is 0 Å². The number of alkyl halides is 3. The number of aromatic amines is 1. The van der Waals surface area contributed by atoms with Gasteiger partial charge in [0.15, 0.2) is 0 Å². The highest BCUT2D eigenvalue weighted by molar-refractivity contribution is 6.07. The number of carboxylic acid groups (broad SMARTS) is 1. The van der Waals surface area contributed by atoms with Gasteiger partial charge in [-0.15, -0.1) is 0 Å². The summed E-state index contributed by atoms with van der Waals surface area (Å²) >= 11 is 0. The first-order valence-electron chi connectivity index (χ1n) is 9.99. The van der Waals surface area contributed by atoms with Gasteiger partial charge in [0.05, 0.1) is 17.2 Å². The smallest absolute Gasteiger partial charge is 0.417 e. The second-order valence-corrected chi connectivity index (χ2v) is 7.56. The summed E-state index contributed by atoms with van der Waals surface area (Å²) in [4.78, 5) is 18.5. The van der Waals surface area contributed by atoms with E-state index in [2.05, 4.69) is 9.97 Å². The molecule has 2 heterocycles. The van der Waals surface area contributed by atoms with Crippen LogP contribution in [0, 0.1) is 0 Å². The first-order valence-corrected chi connectivity index (χ1v) is 9.99. The number of hydrogen-bond donors (Lipinski definition) is 2. The monoisotopic (exact) mass is 456 g/mol. The number of ether oxygens (including phenoxy) is 2. The Bertz CT molecular complexity index is 1290. The summed E-state index contributed by atoms with van der Waals surface area (Å²) in [7, 11) is 0. The standard InChI is InChI=1S/C24H19F3N2O4/c1-13(2)32-16-6-3-14(4-7-16)21-18-9-8-17(11-19(18)29-22(21)23(30)31)33-20-10-5-15(12-28-20)24(25,26)27/h3-13,29H,1-2H3,(H,30,31). The molecule has 0 bridgehead atoms. The van der Waals surface area contributed by atoms with Crippen LogP contribution in [0.3, 0.4) is 0 Å².